The van der Waals surface area contributed by atoms with Gasteiger partial charge in [-0.3, -0.25) is 0 Å². The fourth-order valence-corrected chi connectivity index (χ4v) is 2.77. The van der Waals surface area contributed by atoms with Crippen LogP contribution < -0.4 is 10.2 Å². The highest BCUT2D eigenvalue weighted by Crippen LogP contribution is 2.29. The third-order valence-electron chi connectivity index (χ3n) is 4.07. The second-order valence-electron chi connectivity index (χ2n) is 7.29. The van der Waals surface area contributed by atoms with Crippen molar-refractivity contribution < 1.29 is 0 Å². The van der Waals surface area contributed by atoms with Crippen LogP contribution in [0.15, 0.2) is 24.3 Å². The maximum atomic E-state index is 3.53. The topological polar surface area (TPSA) is 15.3 Å². The summed E-state index contributed by atoms with van der Waals surface area (Å²) in [6.45, 7) is 14.8. The summed E-state index contributed by atoms with van der Waals surface area (Å²) in [4.78, 5) is 2.54. The number of rotatable bonds is 1. The van der Waals surface area contributed by atoms with Gasteiger partial charge in [0.1, 0.15) is 0 Å². The summed E-state index contributed by atoms with van der Waals surface area (Å²) in [5.74, 6) is 0. The van der Waals surface area contributed by atoms with Crippen molar-refractivity contribution in [3.8, 4) is 0 Å². The molecular formula is C17H28N2. The zero-order chi connectivity index (χ0) is 14.1. The average molecular weight is 260 g/mol. The second kappa shape index (κ2) is 5.16. The number of hydrogen-bond donors (Lipinski definition) is 1. The lowest BCUT2D eigenvalue weighted by molar-refractivity contribution is 0.462. The van der Waals surface area contributed by atoms with Gasteiger partial charge in [0.2, 0.25) is 0 Å². The predicted molar refractivity (Wildman–Crippen MR) is 84.1 cm³/mol. The van der Waals surface area contributed by atoms with E-state index in [9.17, 15) is 0 Å². The van der Waals surface area contributed by atoms with Crippen molar-refractivity contribution in [2.75, 3.05) is 24.5 Å². The lowest BCUT2D eigenvalue weighted by Crippen LogP contribution is -2.48. The number of hydrogen-bond acceptors (Lipinski definition) is 2. The summed E-state index contributed by atoms with van der Waals surface area (Å²) in [5, 5.41) is 3.53. The lowest BCUT2D eigenvalue weighted by atomic mass is 9.87. The monoisotopic (exact) mass is 260 g/mol. The van der Waals surface area contributed by atoms with E-state index in [1.165, 1.54) is 17.7 Å². The van der Waals surface area contributed by atoms with Crippen LogP contribution in [0.3, 0.4) is 0 Å². The third kappa shape index (κ3) is 3.30. The minimum absolute atomic E-state index is 0.180. The Balaban J connectivity index is 2.25. The Morgan fingerprint density at radius 2 is 1.74 bits per heavy atom. The molecule has 0 amide bonds. The Morgan fingerprint density at radius 1 is 1.11 bits per heavy atom. The molecule has 0 aromatic heterocycles. The highest BCUT2D eigenvalue weighted by Gasteiger charge is 2.28. The predicted octanol–water partition coefficient (Wildman–Crippen LogP) is 3.56. The first-order chi connectivity index (χ1) is 8.81. The molecule has 1 aliphatic heterocycles. The molecule has 1 aliphatic rings. The normalized spacial score (nSPS) is 20.2. The molecule has 2 heteroatoms. The van der Waals surface area contributed by atoms with Gasteiger partial charge in [-0.15, -0.1) is 0 Å². The van der Waals surface area contributed by atoms with Crippen molar-refractivity contribution in [3.05, 3.63) is 29.8 Å². The summed E-state index contributed by atoms with van der Waals surface area (Å²) in [5.41, 5.74) is 3.16. The fraction of sp³-hybridized carbons (Fsp3) is 0.647. The summed E-state index contributed by atoms with van der Waals surface area (Å²) in [6, 6.07) is 9.13. The van der Waals surface area contributed by atoms with Crippen LogP contribution in [0.4, 0.5) is 5.69 Å². The van der Waals surface area contributed by atoms with Gasteiger partial charge in [-0.1, -0.05) is 32.9 Å². The van der Waals surface area contributed by atoms with Gasteiger partial charge in [-0.05, 0) is 49.9 Å². The minimum Gasteiger partial charge on any atom is -0.365 e. The zero-order valence-electron chi connectivity index (χ0n) is 13.1. The van der Waals surface area contributed by atoms with Gasteiger partial charge in [-0.2, -0.15) is 0 Å². The maximum Gasteiger partial charge on any atom is 0.0470 e. The highest BCUT2D eigenvalue weighted by molar-refractivity contribution is 5.51. The molecule has 1 N–H and O–H groups in total. The first kappa shape index (κ1) is 14.4. The lowest BCUT2D eigenvalue weighted by Gasteiger charge is -2.39. The number of nitrogens with one attached hydrogen (secondary N) is 1. The molecule has 1 heterocycles. The minimum atomic E-state index is 0.180. The molecule has 0 radical (unpaired) electrons. The van der Waals surface area contributed by atoms with Crippen LogP contribution in [0.25, 0.3) is 0 Å². The van der Waals surface area contributed by atoms with Gasteiger partial charge in [0.25, 0.3) is 0 Å². The van der Waals surface area contributed by atoms with E-state index in [0.29, 0.717) is 0 Å². The molecule has 1 aromatic rings. The van der Waals surface area contributed by atoms with Crippen molar-refractivity contribution in [2.24, 2.45) is 0 Å². The van der Waals surface area contributed by atoms with E-state index in [0.717, 1.165) is 19.6 Å². The smallest absolute Gasteiger partial charge is 0.0470 e. The molecule has 0 atom stereocenters. The summed E-state index contributed by atoms with van der Waals surface area (Å²) in [6.07, 6.45) is 1.21. The van der Waals surface area contributed by atoms with Gasteiger partial charge >= 0.3 is 0 Å². The molecule has 1 fully saturated rings. The summed E-state index contributed by atoms with van der Waals surface area (Å²) in [7, 11) is 0. The second-order valence-corrected chi connectivity index (χ2v) is 7.29. The first-order valence-corrected chi connectivity index (χ1v) is 7.40. The SMILES string of the molecule is CC(C)(C)c1ccc(N2CCCNCC2(C)C)cc1. The van der Waals surface area contributed by atoms with Crippen LogP contribution in [0.1, 0.15) is 46.6 Å². The molecular weight excluding hydrogens is 232 g/mol. The molecule has 2 nitrogen and oxygen atoms in total. The van der Waals surface area contributed by atoms with Crippen LogP contribution in [0.5, 0.6) is 0 Å². The Kier molecular flexibility index (Phi) is 3.91. The van der Waals surface area contributed by atoms with Crippen molar-refractivity contribution in [3.63, 3.8) is 0 Å². The van der Waals surface area contributed by atoms with E-state index < -0.39 is 0 Å². The molecule has 19 heavy (non-hydrogen) atoms. The van der Waals surface area contributed by atoms with E-state index in [1.54, 1.807) is 0 Å². The number of nitrogens with zero attached hydrogens (tertiary/aromatic N) is 1. The van der Waals surface area contributed by atoms with E-state index in [-0.39, 0.29) is 11.0 Å². The van der Waals surface area contributed by atoms with Gasteiger partial charge < -0.3 is 10.2 Å². The molecule has 1 aromatic carbocycles. The van der Waals surface area contributed by atoms with Gasteiger partial charge in [-0.25, -0.2) is 0 Å². The summed E-state index contributed by atoms with van der Waals surface area (Å²) >= 11 is 0. The Hall–Kier alpha value is -1.02. The van der Waals surface area contributed by atoms with Crippen LogP contribution >= 0.6 is 0 Å². The van der Waals surface area contributed by atoms with Crippen LogP contribution in [0, 0.1) is 0 Å². The Morgan fingerprint density at radius 3 is 2.32 bits per heavy atom. The quantitative estimate of drug-likeness (QED) is 0.830. The van der Waals surface area contributed by atoms with Crippen LogP contribution in [0.2, 0.25) is 0 Å². The summed E-state index contributed by atoms with van der Waals surface area (Å²) < 4.78 is 0. The average Bonchev–Trinajstić information content (AvgIpc) is 2.49. The van der Waals surface area contributed by atoms with Gasteiger partial charge in [0.15, 0.2) is 0 Å². The fourth-order valence-electron chi connectivity index (χ4n) is 2.77. The largest absolute Gasteiger partial charge is 0.365 e. The molecule has 2 rings (SSSR count). The van der Waals surface area contributed by atoms with Crippen molar-refractivity contribution in [2.45, 2.75) is 52.0 Å². The van der Waals surface area contributed by atoms with Crippen molar-refractivity contribution >= 4 is 5.69 Å². The van der Waals surface area contributed by atoms with Gasteiger partial charge in [0, 0.05) is 24.3 Å². The van der Waals surface area contributed by atoms with Crippen LogP contribution in [-0.2, 0) is 5.41 Å². The van der Waals surface area contributed by atoms with Crippen LogP contribution in [-0.4, -0.2) is 25.2 Å². The maximum absolute atomic E-state index is 3.53. The molecule has 0 spiro atoms. The van der Waals surface area contributed by atoms with Crippen molar-refractivity contribution in [1.82, 2.24) is 5.32 Å². The van der Waals surface area contributed by atoms with E-state index in [1.807, 2.05) is 0 Å². The molecule has 0 bridgehead atoms. The standard InChI is InChI=1S/C17H28N2/c1-16(2,3)14-7-9-15(10-8-14)19-12-6-11-18-13-17(19,4)5/h7-10,18H,6,11-13H2,1-5H3. The Labute approximate surface area is 118 Å². The van der Waals surface area contributed by atoms with E-state index in [2.05, 4.69) is 69.1 Å². The number of benzene rings is 1. The van der Waals surface area contributed by atoms with Gasteiger partial charge in [0.05, 0.1) is 0 Å². The number of anilines is 1. The molecule has 0 unspecified atom stereocenters. The molecule has 1 saturated heterocycles. The molecule has 0 aliphatic carbocycles. The van der Waals surface area contributed by atoms with E-state index >= 15 is 0 Å². The Bertz CT molecular complexity index is 412. The third-order valence-corrected chi connectivity index (χ3v) is 4.07. The van der Waals surface area contributed by atoms with Crippen molar-refractivity contribution in [1.29, 1.82) is 0 Å². The molecule has 0 saturated carbocycles. The zero-order valence-corrected chi connectivity index (χ0v) is 13.1. The van der Waals surface area contributed by atoms with E-state index in [4.69, 9.17) is 0 Å². The first-order valence-electron chi connectivity index (χ1n) is 7.40. The molecule has 106 valence electrons. The highest BCUT2D eigenvalue weighted by atomic mass is 15.2.